The summed E-state index contributed by atoms with van der Waals surface area (Å²) in [6.07, 6.45) is 0. The van der Waals surface area contributed by atoms with Crippen molar-refractivity contribution in [3.8, 4) is 0 Å². The Kier molecular flexibility index (Phi) is 8.59. The van der Waals surface area contributed by atoms with Gasteiger partial charge in [0.05, 0.1) is 23.6 Å². The molecule has 188 valence electrons. The van der Waals surface area contributed by atoms with E-state index in [-0.39, 0.29) is 22.6 Å². The number of rotatable bonds is 10. The van der Waals surface area contributed by atoms with E-state index in [0.717, 1.165) is 16.8 Å². The first-order valence-electron chi connectivity index (χ1n) is 12.0. The molecular weight excluding hydrogens is 472 g/mol. The predicted molar refractivity (Wildman–Crippen MR) is 148 cm³/mol. The van der Waals surface area contributed by atoms with Crippen LogP contribution in [0.15, 0.2) is 89.8 Å². The van der Waals surface area contributed by atoms with E-state index in [0.29, 0.717) is 0 Å². The zero-order valence-corrected chi connectivity index (χ0v) is 23.4. The minimum atomic E-state index is -3.78. The average Bonchev–Trinajstić information content (AvgIpc) is 2.81. The van der Waals surface area contributed by atoms with Crippen LogP contribution in [0.25, 0.3) is 0 Å². The summed E-state index contributed by atoms with van der Waals surface area (Å²) in [5.41, 5.74) is 2.90. The highest BCUT2D eigenvalue weighted by Crippen LogP contribution is 2.37. The second kappa shape index (κ2) is 11.1. The van der Waals surface area contributed by atoms with Crippen molar-refractivity contribution in [2.45, 2.75) is 62.8 Å². The van der Waals surface area contributed by atoms with E-state index < -0.39 is 24.4 Å². The molecule has 3 aromatic carbocycles. The molecule has 0 aliphatic rings. The summed E-state index contributed by atoms with van der Waals surface area (Å²) in [7, 11) is -5.91. The molecule has 0 aliphatic heterocycles. The van der Waals surface area contributed by atoms with Gasteiger partial charge in [-0.25, -0.2) is 13.1 Å². The molecule has 0 amide bonds. The molecule has 3 rings (SSSR count). The van der Waals surface area contributed by atoms with E-state index in [1.165, 1.54) is 0 Å². The number of benzene rings is 3. The lowest BCUT2D eigenvalue weighted by atomic mass is 10.00. The highest BCUT2D eigenvalue weighted by atomic mass is 32.2. The molecule has 0 radical (unpaired) electrons. The lowest BCUT2D eigenvalue weighted by molar-refractivity contribution is 0.243. The molecule has 0 saturated heterocycles. The highest BCUT2D eigenvalue weighted by molar-refractivity contribution is 7.89. The standard InChI is InChI=1S/C28H38N2O3SSi/c1-22-17-19-25(20-18-22)34(31,32)30-26(21-33-35(5,6)28(2,3)4)27(23-13-9-7-10-14-23)29-24-15-11-8-12-16-24/h7-20,26-27,29-30H,21H2,1-6H3/t26-,27+/m1/s1. The Morgan fingerprint density at radius 3 is 1.94 bits per heavy atom. The largest absolute Gasteiger partial charge is 0.415 e. The molecule has 0 aliphatic carbocycles. The van der Waals surface area contributed by atoms with Crippen molar-refractivity contribution in [2.75, 3.05) is 11.9 Å². The van der Waals surface area contributed by atoms with Crippen molar-refractivity contribution in [3.63, 3.8) is 0 Å². The van der Waals surface area contributed by atoms with Crippen molar-refractivity contribution in [3.05, 3.63) is 96.1 Å². The fourth-order valence-electron chi connectivity index (χ4n) is 3.49. The third-order valence-electron chi connectivity index (χ3n) is 6.72. The Hall–Kier alpha value is -2.45. The minimum Gasteiger partial charge on any atom is -0.415 e. The molecule has 0 saturated carbocycles. The number of hydrogen-bond donors (Lipinski definition) is 2. The summed E-state index contributed by atoms with van der Waals surface area (Å²) >= 11 is 0. The Morgan fingerprint density at radius 1 is 0.857 bits per heavy atom. The van der Waals surface area contributed by atoms with Crippen LogP contribution in [0.1, 0.15) is 37.9 Å². The van der Waals surface area contributed by atoms with Gasteiger partial charge in [0.15, 0.2) is 8.32 Å². The lowest BCUT2D eigenvalue weighted by Crippen LogP contribution is -2.49. The van der Waals surface area contributed by atoms with Crippen LogP contribution in [0.5, 0.6) is 0 Å². The number of nitrogens with one attached hydrogen (secondary N) is 2. The molecule has 3 aromatic rings. The second-order valence-electron chi connectivity index (χ2n) is 10.5. The van der Waals surface area contributed by atoms with Crippen LogP contribution in [0.3, 0.4) is 0 Å². The van der Waals surface area contributed by atoms with Crippen molar-refractivity contribution >= 4 is 24.0 Å². The Bertz CT molecular complexity index is 1180. The fraction of sp³-hybridized carbons (Fsp3) is 0.357. The molecule has 0 heterocycles. The maximum absolute atomic E-state index is 13.5. The van der Waals surface area contributed by atoms with Gasteiger partial charge < -0.3 is 9.74 Å². The lowest BCUT2D eigenvalue weighted by Gasteiger charge is -2.39. The summed E-state index contributed by atoms with van der Waals surface area (Å²) in [5, 5.41) is 3.56. The van der Waals surface area contributed by atoms with Crippen LogP contribution in [-0.4, -0.2) is 29.4 Å². The van der Waals surface area contributed by atoms with Crippen molar-refractivity contribution < 1.29 is 12.8 Å². The van der Waals surface area contributed by atoms with E-state index >= 15 is 0 Å². The molecule has 35 heavy (non-hydrogen) atoms. The number of hydrogen-bond acceptors (Lipinski definition) is 4. The molecule has 0 unspecified atom stereocenters. The first-order valence-corrected chi connectivity index (χ1v) is 16.4. The Balaban J connectivity index is 2.01. The molecule has 0 aromatic heterocycles. The van der Waals surface area contributed by atoms with Crippen LogP contribution in [-0.2, 0) is 14.4 Å². The monoisotopic (exact) mass is 510 g/mol. The molecule has 0 fully saturated rings. The quantitative estimate of drug-likeness (QED) is 0.305. The summed E-state index contributed by atoms with van der Waals surface area (Å²) in [4.78, 5) is 0.243. The molecule has 0 spiro atoms. The van der Waals surface area contributed by atoms with E-state index in [1.807, 2.05) is 79.7 Å². The summed E-state index contributed by atoms with van der Waals surface area (Å²) in [6.45, 7) is 13.1. The van der Waals surface area contributed by atoms with Gasteiger partial charge in [-0.3, -0.25) is 0 Å². The van der Waals surface area contributed by atoms with E-state index in [9.17, 15) is 8.42 Å². The maximum Gasteiger partial charge on any atom is 0.240 e. The number of para-hydroxylation sites is 1. The normalized spacial score (nSPS) is 14.3. The van der Waals surface area contributed by atoms with Crippen LogP contribution in [0.4, 0.5) is 5.69 Å². The SMILES string of the molecule is Cc1ccc(S(=O)(=O)N[C@H](CO[Si](C)(C)C(C)(C)C)[C@@H](Nc2ccccc2)c2ccccc2)cc1. The highest BCUT2D eigenvalue weighted by Gasteiger charge is 2.39. The van der Waals surface area contributed by atoms with Gasteiger partial charge >= 0.3 is 0 Å². The molecular formula is C28H38N2O3SSi. The number of aryl methyl sites for hydroxylation is 1. The first-order chi connectivity index (χ1) is 16.4. The topological polar surface area (TPSA) is 67.4 Å². The molecule has 2 N–H and O–H groups in total. The van der Waals surface area contributed by atoms with Gasteiger partial charge in [0.1, 0.15) is 0 Å². The van der Waals surface area contributed by atoms with Gasteiger partial charge in [-0.1, -0.05) is 87.0 Å². The van der Waals surface area contributed by atoms with Crippen molar-refractivity contribution in [1.29, 1.82) is 0 Å². The van der Waals surface area contributed by atoms with Crippen molar-refractivity contribution in [1.82, 2.24) is 4.72 Å². The summed E-state index contributed by atoms with van der Waals surface area (Å²) < 4.78 is 36.5. The molecule has 5 nitrogen and oxygen atoms in total. The van der Waals surface area contributed by atoms with Gasteiger partial charge in [0, 0.05) is 5.69 Å². The second-order valence-corrected chi connectivity index (χ2v) is 17.0. The van der Waals surface area contributed by atoms with E-state index in [1.54, 1.807) is 12.1 Å². The molecule has 0 bridgehead atoms. The van der Waals surface area contributed by atoms with Gasteiger partial charge in [0.2, 0.25) is 10.0 Å². The molecule has 2 atom stereocenters. The van der Waals surface area contributed by atoms with Crippen LogP contribution in [0, 0.1) is 6.92 Å². The summed E-state index contributed by atoms with van der Waals surface area (Å²) in [6, 6.07) is 25.8. The maximum atomic E-state index is 13.5. The smallest absolute Gasteiger partial charge is 0.240 e. The number of anilines is 1. The van der Waals surface area contributed by atoms with Crippen LogP contribution >= 0.6 is 0 Å². The minimum absolute atomic E-state index is 0.00246. The van der Waals surface area contributed by atoms with E-state index in [2.05, 4.69) is 43.9 Å². The molecule has 7 heteroatoms. The van der Waals surface area contributed by atoms with Crippen LogP contribution < -0.4 is 10.0 Å². The van der Waals surface area contributed by atoms with Crippen molar-refractivity contribution in [2.24, 2.45) is 0 Å². The third kappa shape index (κ3) is 7.27. The zero-order valence-electron chi connectivity index (χ0n) is 21.6. The van der Waals surface area contributed by atoms with Crippen LogP contribution in [0.2, 0.25) is 18.1 Å². The average molecular weight is 511 g/mol. The first kappa shape index (κ1) is 27.1. The Morgan fingerprint density at radius 2 is 1.40 bits per heavy atom. The van der Waals surface area contributed by atoms with Gasteiger partial charge in [-0.2, -0.15) is 0 Å². The zero-order chi connectivity index (χ0) is 25.7. The summed E-state index contributed by atoms with van der Waals surface area (Å²) in [5.74, 6) is 0. The Labute approximate surface area is 212 Å². The number of sulfonamides is 1. The van der Waals surface area contributed by atoms with E-state index in [4.69, 9.17) is 4.43 Å². The fourth-order valence-corrected chi connectivity index (χ4v) is 5.75. The van der Waals surface area contributed by atoms with Gasteiger partial charge in [-0.05, 0) is 54.9 Å². The van der Waals surface area contributed by atoms with Gasteiger partial charge in [0.25, 0.3) is 0 Å². The third-order valence-corrected chi connectivity index (χ3v) is 12.7. The van der Waals surface area contributed by atoms with Gasteiger partial charge in [-0.15, -0.1) is 0 Å². The predicted octanol–water partition coefficient (Wildman–Crippen LogP) is 6.52.